The minimum absolute atomic E-state index is 0.0360. The number of hydrogen-bond acceptors (Lipinski definition) is 4. The lowest BCUT2D eigenvalue weighted by Gasteiger charge is -2.29. The van der Waals surface area contributed by atoms with Crippen LogP contribution in [0.5, 0.6) is 0 Å². The van der Waals surface area contributed by atoms with E-state index in [0.717, 1.165) is 42.3 Å². The van der Waals surface area contributed by atoms with Crippen LogP contribution in [0.4, 0.5) is 5.69 Å². The van der Waals surface area contributed by atoms with E-state index in [2.05, 4.69) is 27.6 Å². The highest BCUT2D eigenvalue weighted by molar-refractivity contribution is 5.81. The van der Waals surface area contributed by atoms with Crippen molar-refractivity contribution >= 4 is 22.6 Å². The molecule has 3 rings (SSSR count). The fraction of sp³-hybridized carbons (Fsp3) is 0.500. The van der Waals surface area contributed by atoms with Gasteiger partial charge in [0.15, 0.2) is 0 Å². The van der Waals surface area contributed by atoms with E-state index >= 15 is 0 Å². The SMILES string of the molecule is CCOC(=O)C1CCCC(Nc2ccc3[nH]ncc3c2)C1. The Kier molecular flexibility index (Phi) is 4.08. The van der Waals surface area contributed by atoms with Crippen LogP contribution in [0.3, 0.4) is 0 Å². The number of nitrogens with one attached hydrogen (secondary N) is 2. The number of hydrogen-bond donors (Lipinski definition) is 2. The van der Waals surface area contributed by atoms with E-state index in [1.807, 2.05) is 19.2 Å². The Labute approximate surface area is 124 Å². The largest absolute Gasteiger partial charge is 0.466 e. The van der Waals surface area contributed by atoms with Crippen molar-refractivity contribution in [1.82, 2.24) is 10.2 Å². The zero-order valence-corrected chi connectivity index (χ0v) is 12.3. The minimum atomic E-state index is -0.0470. The molecule has 1 aromatic carbocycles. The second-order valence-electron chi connectivity index (χ2n) is 5.63. The molecular weight excluding hydrogens is 266 g/mol. The molecule has 2 atom stereocenters. The maximum atomic E-state index is 11.9. The van der Waals surface area contributed by atoms with Crippen molar-refractivity contribution in [1.29, 1.82) is 0 Å². The quantitative estimate of drug-likeness (QED) is 0.848. The van der Waals surface area contributed by atoms with Gasteiger partial charge in [-0.25, -0.2) is 0 Å². The summed E-state index contributed by atoms with van der Waals surface area (Å²) < 4.78 is 5.15. The number of anilines is 1. The van der Waals surface area contributed by atoms with Gasteiger partial charge in [0.1, 0.15) is 0 Å². The van der Waals surface area contributed by atoms with Crippen molar-refractivity contribution in [3.05, 3.63) is 24.4 Å². The van der Waals surface area contributed by atoms with E-state index in [9.17, 15) is 4.79 Å². The summed E-state index contributed by atoms with van der Waals surface area (Å²) in [5.74, 6) is -0.0110. The lowest BCUT2D eigenvalue weighted by atomic mass is 9.85. The highest BCUT2D eigenvalue weighted by Gasteiger charge is 2.28. The monoisotopic (exact) mass is 287 g/mol. The first-order valence-corrected chi connectivity index (χ1v) is 7.62. The number of H-pyrrole nitrogens is 1. The van der Waals surface area contributed by atoms with Crippen LogP contribution in [-0.4, -0.2) is 28.8 Å². The fourth-order valence-electron chi connectivity index (χ4n) is 3.06. The summed E-state index contributed by atoms with van der Waals surface area (Å²) in [6.07, 6.45) is 5.78. The second kappa shape index (κ2) is 6.16. The van der Waals surface area contributed by atoms with E-state index in [0.29, 0.717) is 12.6 Å². The number of esters is 1. The Morgan fingerprint density at radius 3 is 3.24 bits per heavy atom. The first-order chi connectivity index (χ1) is 10.3. The zero-order chi connectivity index (χ0) is 14.7. The molecule has 0 spiro atoms. The van der Waals surface area contributed by atoms with Crippen LogP contribution in [0.2, 0.25) is 0 Å². The van der Waals surface area contributed by atoms with E-state index in [1.54, 1.807) is 0 Å². The molecule has 1 fully saturated rings. The molecule has 0 bridgehead atoms. The van der Waals surface area contributed by atoms with Crippen LogP contribution < -0.4 is 5.32 Å². The van der Waals surface area contributed by atoms with Crippen molar-refractivity contribution < 1.29 is 9.53 Å². The van der Waals surface area contributed by atoms with Gasteiger partial charge in [-0.1, -0.05) is 6.42 Å². The van der Waals surface area contributed by atoms with E-state index in [-0.39, 0.29) is 11.9 Å². The van der Waals surface area contributed by atoms with Gasteiger partial charge in [-0.3, -0.25) is 9.89 Å². The van der Waals surface area contributed by atoms with Crippen LogP contribution in [0.15, 0.2) is 24.4 Å². The molecule has 1 aliphatic carbocycles. The summed E-state index contributed by atoms with van der Waals surface area (Å²) in [4.78, 5) is 11.9. The van der Waals surface area contributed by atoms with Crippen LogP contribution >= 0.6 is 0 Å². The number of ether oxygens (including phenoxy) is 1. The van der Waals surface area contributed by atoms with Crippen LogP contribution in [-0.2, 0) is 9.53 Å². The number of nitrogens with zero attached hydrogens (tertiary/aromatic N) is 1. The Morgan fingerprint density at radius 1 is 1.48 bits per heavy atom. The van der Waals surface area contributed by atoms with E-state index in [4.69, 9.17) is 4.74 Å². The van der Waals surface area contributed by atoms with Gasteiger partial charge in [0.2, 0.25) is 0 Å². The van der Waals surface area contributed by atoms with Gasteiger partial charge in [-0.05, 0) is 44.4 Å². The van der Waals surface area contributed by atoms with Gasteiger partial charge in [-0.15, -0.1) is 0 Å². The third-order valence-electron chi connectivity index (χ3n) is 4.11. The molecule has 5 heteroatoms. The Bertz CT molecular complexity index is 623. The van der Waals surface area contributed by atoms with Crippen molar-refractivity contribution in [2.75, 3.05) is 11.9 Å². The molecule has 2 N–H and O–H groups in total. The topological polar surface area (TPSA) is 67.0 Å². The van der Waals surface area contributed by atoms with E-state index in [1.165, 1.54) is 0 Å². The average Bonchev–Trinajstić information content (AvgIpc) is 2.95. The molecule has 0 radical (unpaired) electrons. The molecular formula is C16H21N3O2. The highest BCUT2D eigenvalue weighted by atomic mass is 16.5. The molecule has 1 heterocycles. The van der Waals surface area contributed by atoms with Crippen molar-refractivity contribution in [2.45, 2.75) is 38.6 Å². The maximum Gasteiger partial charge on any atom is 0.308 e. The minimum Gasteiger partial charge on any atom is -0.466 e. The van der Waals surface area contributed by atoms with Crippen molar-refractivity contribution in [3.8, 4) is 0 Å². The molecule has 2 unspecified atom stereocenters. The molecule has 0 aliphatic heterocycles. The molecule has 1 aromatic heterocycles. The van der Waals surface area contributed by atoms with Gasteiger partial charge in [0.25, 0.3) is 0 Å². The van der Waals surface area contributed by atoms with Gasteiger partial charge in [0, 0.05) is 17.1 Å². The van der Waals surface area contributed by atoms with Crippen LogP contribution in [0, 0.1) is 5.92 Å². The molecule has 1 aliphatic rings. The third kappa shape index (κ3) is 3.17. The molecule has 0 amide bonds. The van der Waals surface area contributed by atoms with Gasteiger partial charge < -0.3 is 10.1 Å². The summed E-state index contributed by atoms with van der Waals surface area (Å²) in [7, 11) is 0. The van der Waals surface area contributed by atoms with Gasteiger partial charge >= 0.3 is 5.97 Å². The fourth-order valence-corrected chi connectivity index (χ4v) is 3.06. The Balaban J connectivity index is 1.65. The predicted molar refractivity (Wildman–Crippen MR) is 82.1 cm³/mol. The molecule has 1 saturated carbocycles. The van der Waals surface area contributed by atoms with Crippen LogP contribution in [0.1, 0.15) is 32.6 Å². The third-order valence-corrected chi connectivity index (χ3v) is 4.11. The van der Waals surface area contributed by atoms with Crippen molar-refractivity contribution in [2.24, 2.45) is 5.92 Å². The zero-order valence-electron chi connectivity index (χ0n) is 12.3. The summed E-state index contributed by atoms with van der Waals surface area (Å²) >= 11 is 0. The number of aromatic nitrogens is 2. The number of fused-ring (bicyclic) bond motifs is 1. The summed E-state index contributed by atoms with van der Waals surface area (Å²) in [5.41, 5.74) is 2.12. The summed E-state index contributed by atoms with van der Waals surface area (Å²) in [6.45, 7) is 2.32. The second-order valence-corrected chi connectivity index (χ2v) is 5.63. The van der Waals surface area contributed by atoms with Crippen LogP contribution in [0.25, 0.3) is 10.9 Å². The number of benzene rings is 1. The highest BCUT2D eigenvalue weighted by Crippen LogP contribution is 2.28. The molecule has 5 nitrogen and oxygen atoms in total. The van der Waals surface area contributed by atoms with E-state index < -0.39 is 0 Å². The molecule has 112 valence electrons. The Hall–Kier alpha value is -2.04. The molecule has 0 saturated heterocycles. The number of carbonyl (C=O) groups is 1. The standard InChI is InChI=1S/C16H21N3O2/c1-2-21-16(20)11-4-3-5-13(8-11)18-14-6-7-15-12(9-14)10-17-19-15/h6-7,9-11,13,18H,2-5,8H2,1H3,(H,17,19). The van der Waals surface area contributed by atoms with Gasteiger partial charge in [-0.2, -0.15) is 5.10 Å². The number of carbonyl (C=O) groups excluding carboxylic acids is 1. The molecule has 2 aromatic rings. The lowest BCUT2D eigenvalue weighted by molar-refractivity contribution is -0.149. The normalized spacial score (nSPS) is 22.1. The lowest BCUT2D eigenvalue weighted by Crippen LogP contribution is -2.32. The number of aromatic amines is 1. The smallest absolute Gasteiger partial charge is 0.308 e. The number of rotatable bonds is 4. The maximum absolute atomic E-state index is 11.9. The summed E-state index contributed by atoms with van der Waals surface area (Å²) in [5, 5.41) is 11.6. The summed E-state index contributed by atoms with van der Waals surface area (Å²) in [6, 6.07) is 6.50. The van der Waals surface area contributed by atoms with Gasteiger partial charge in [0.05, 0.1) is 24.2 Å². The average molecular weight is 287 g/mol. The predicted octanol–water partition coefficient (Wildman–Crippen LogP) is 3.10. The Morgan fingerprint density at radius 2 is 2.38 bits per heavy atom. The first-order valence-electron chi connectivity index (χ1n) is 7.62. The van der Waals surface area contributed by atoms with Crippen molar-refractivity contribution in [3.63, 3.8) is 0 Å². The first kappa shape index (κ1) is 13.9. The molecule has 21 heavy (non-hydrogen) atoms.